The molecule has 2 aromatic carbocycles. The number of amides is 1. The number of rotatable bonds is 6. The molecule has 1 amide bonds. The lowest BCUT2D eigenvalue weighted by Gasteiger charge is -2.35. The first-order valence-corrected chi connectivity index (χ1v) is 10.3. The van der Waals surface area contributed by atoms with Gasteiger partial charge in [0, 0.05) is 39.1 Å². The predicted octanol–water partition coefficient (Wildman–Crippen LogP) is 2.92. The first kappa shape index (κ1) is 18.8. The van der Waals surface area contributed by atoms with Crippen molar-refractivity contribution in [2.45, 2.75) is 6.42 Å². The molecule has 0 bridgehead atoms. The molecule has 0 saturated carbocycles. The van der Waals surface area contributed by atoms with Crippen molar-refractivity contribution in [3.8, 4) is 0 Å². The quantitative estimate of drug-likeness (QED) is 0.694. The number of benzene rings is 2. The number of aromatic nitrogens is 1. The van der Waals surface area contributed by atoms with Crippen molar-refractivity contribution in [3.63, 3.8) is 0 Å². The minimum absolute atomic E-state index is 0.0282. The highest BCUT2D eigenvalue weighted by Crippen LogP contribution is 2.22. The number of thiazole rings is 1. The van der Waals surface area contributed by atoms with E-state index in [1.165, 1.54) is 10.8 Å². The molecule has 1 aliphatic rings. The molecule has 0 atom stereocenters. The highest BCUT2D eigenvalue weighted by atomic mass is 32.1. The average Bonchev–Trinajstić information content (AvgIpc) is 3.12. The number of anilines is 1. The molecule has 5 nitrogen and oxygen atoms in total. The molecule has 1 N–H and O–H groups in total. The lowest BCUT2D eigenvalue weighted by atomic mass is 10.2. The SMILES string of the molecule is O=C(CN1CCN(c2ccccc2F)CC1)NCCc1nc2ccccc2s1. The maximum Gasteiger partial charge on any atom is 0.234 e. The molecule has 0 spiro atoms. The number of nitrogens with one attached hydrogen (secondary N) is 1. The van der Waals surface area contributed by atoms with E-state index in [1.807, 2.05) is 29.2 Å². The molecule has 0 unspecified atom stereocenters. The zero-order valence-corrected chi connectivity index (χ0v) is 16.4. The molecular weight excluding hydrogens is 375 g/mol. The van der Waals surface area contributed by atoms with Gasteiger partial charge in [0.15, 0.2) is 0 Å². The van der Waals surface area contributed by atoms with Crippen molar-refractivity contribution >= 4 is 33.1 Å². The third-order valence-electron chi connectivity index (χ3n) is 4.93. The normalized spacial score (nSPS) is 15.1. The number of fused-ring (bicyclic) bond motifs is 1. The van der Waals surface area contributed by atoms with E-state index in [-0.39, 0.29) is 11.7 Å². The van der Waals surface area contributed by atoms with Crippen LogP contribution in [0.25, 0.3) is 10.2 Å². The fraction of sp³-hybridized carbons (Fsp3) is 0.333. The summed E-state index contributed by atoms with van der Waals surface area (Å²) < 4.78 is 15.1. The van der Waals surface area contributed by atoms with Crippen molar-refractivity contribution in [2.24, 2.45) is 0 Å². The van der Waals surface area contributed by atoms with Gasteiger partial charge < -0.3 is 10.2 Å². The van der Waals surface area contributed by atoms with Crippen molar-refractivity contribution in [1.82, 2.24) is 15.2 Å². The van der Waals surface area contributed by atoms with E-state index in [1.54, 1.807) is 23.5 Å². The van der Waals surface area contributed by atoms with Crippen LogP contribution in [0.4, 0.5) is 10.1 Å². The Labute approximate surface area is 167 Å². The lowest BCUT2D eigenvalue weighted by Crippen LogP contribution is -2.49. The third-order valence-corrected chi connectivity index (χ3v) is 6.03. The number of hydrogen-bond donors (Lipinski definition) is 1. The predicted molar refractivity (Wildman–Crippen MR) is 111 cm³/mol. The van der Waals surface area contributed by atoms with Gasteiger partial charge in [0.05, 0.1) is 27.5 Å². The largest absolute Gasteiger partial charge is 0.367 e. The highest BCUT2D eigenvalue weighted by Gasteiger charge is 2.20. The third kappa shape index (κ3) is 4.48. The molecule has 7 heteroatoms. The standard InChI is InChI=1S/C21H23FN4OS/c22-16-5-1-3-7-18(16)26-13-11-25(12-14-26)15-20(27)23-10-9-21-24-17-6-2-4-8-19(17)28-21/h1-8H,9-15H2,(H,23,27). The summed E-state index contributed by atoms with van der Waals surface area (Å²) in [6.07, 6.45) is 0.742. The van der Waals surface area contributed by atoms with E-state index in [2.05, 4.69) is 21.3 Å². The Hall–Kier alpha value is -2.51. The van der Waals surface area contributed by atoms with Crippen LogP contribution in [-0.4, -0.2) is 55.1 Å². The van der Waals surface area contributed by atoms with Crippen molar-refractivity contribution < 1.29 is 9.18 Å². The molecule has 28 heavy (non-hydrogen) atoms. The number of hydrogen-bond acceptors (Lipinski definition) is 5. The molecule has 1 aliphatic heterocycles. The summed E-state index contributed by atoms with van der Waals surface area (Å²) in [6, 6.07) is 14.9. The van der Waals surface area contributed by atoms with E-state index >= 15 is 0 Å². The van der Waals surface area contributed by atoms with Crippen LogP contribution in [0.2, 0.25) is 0 Å². The Morgan fingerprint density at radius 2 is 1.82 bits per heavy atom. The van der Waals surface area contributed by atoms with Crippen molar-refractivity contribution in [3.05, 3.63) is 59.4 Å². The number of para-hydroxylation sites is 2. The van der Waals surface area contributed by atoms with Crippen LogP contribution in [0, 0.1) is 5.82 Å². The summed E-state index contributed by atoms with van der Waals surface area (Å²) in [6.45, 7) is 3.91. The van der Waals surface area contributed by atoms with E-state index in [9.17, 15) is 9.18 Å². The zero-order chi connectivity index (χ0) is 19.3. The Morgan fingerprint density at radius 1 is 1.07 bits per heavy atom. The minimum Gasteiger partial charge on any atom is -0.367 e. The van der Waals surface area contributed by atoms with Crippen molar-refractivity contribution in [2.75, 3.05) is 44.2 Å². The van der Waals surface area contributed by atoms with Crippen LogP contribution in [0.5, 0.6) is 0 Å². The maximum absolute atomic E-state index is 13.9. The van der Waals surface area contributed by atoms with Gasteiger partial charge in [-0.3, -0.25) is 9.69 Å². The van der Waals surface area contributed by atoms with Gasteiger partial charge in [-0.2, -0.15) is 0 Å². The molecule has 146 valence electrons. The van der Waals surface area contributed by atoms with Crippen LogP contribution < -0.4 is 10.2 Å². The molecule has 1 saturated heterocycles. The number of piperazine rings is 1. The van der Waals surface area contributed by atoms with Gasteiger partial charge in [-0.05, 0) is 24.3 Å². The average molecular weight is 399 g/mol. The van der Waals surface area contributed by atoms with Gasteiger partial charge in [-0.25, -0.2) is 9.37 Å². The smallest absolute Gasteiger partial charge is 0.234 e. The molecule has 1 aromatic heterocycles. The van der Waals surface area contributed by atoms with Gasteiger partial charge in [-0.15, -0.1) is 11.3 Å². The zero-order valence-electron chi connectivity index (χ0n) is 15.6. The van der Waals surface area contributed by atoms with E-state index in [0.717, 1.165) is 43.1 Å². The molecule has 4 rings (SSSR count). The maximum atomic E-state index is 13.9. The fourth-order valence-corrected chi connectivity index (χ4v) is 4.42. The minimum atomic E-state index is -0.191. The first-order chi connectivity index (χ1) is 13.7. The summed E-state index contributed by atoms with van der Waals surface area (Å²) in [5.41, 5.74) is 1.66. The Morgan fingerprint density at radius 3 is 2.61 bits per heavy atom. The molecule has 0 aliphatic carbocycles. The van der Waals surface area contributed by atoms with Crippen molar-refractivity contribution in [1.29, 1.82) is 0 Å². The Kier molecular flexibility index (Phi) is 5.83. The fourth-order valence-electron chi connectivity index (χ4n) is 3.45. The van der Waals surface area contributed by atoms with Crippen LogP contribution >= 0.6 is 11.3 Å². The monoisotopic (exact) mass is 398 g/mol. The van der Waals surface area contributed by atoms with Crippen LogP contribution in [0.1, 0.15) is 5.01 Å². The van der Waals surface area contributed by atoms with E-state index in [4.69, 9.17) is 0 Å². The number of carbonyl (C=O) groups excluding carboxylic acids is 1. The van der Waals surface area contributed by atoms with E-state index < -0.39 is 0 Å². The van der Waals surface area contributed by atoms with E-state index in [0.29, 0.717) is 18.8 Å². The molecular formula is C21H23FN4OS. The second-order valence-corrected chi connectivity index (χ2v) is 8.01. The first-order valence-electron chi connectivity index (χ1n) is 9.52. The molecule has 1 fully saturated rings. The Balaban J connectivity index is 1.20. The van der Waals surface area contributed by atoms with Gasteiger partial charge in [0.1, 0.15) is 5.82 Å². The second kappa shape index (κ2) is 8.67. The number of nitrogens with zero attached hydrogens (tertiary/aromatic N) is 3. The lowest BCUT2D eigenvalue weighted by molar-refractivity contribution is -0.122. The Bertz CT molecular complexity index is 919. The summed E-state index contributed by atoms with van der Waals surface area (Å²) in [4.78, 5) is 21.0. The number of halogens is 1. The molecule has 3 aromatic rings. The second-order valence-electron chi connectivity index (χ2n) is 6.89. The highest BCUT2D eigenvalue weighted by molar-refractivity contribution is 7.18. The molecule has 0 radical (unpaired) electrons. The van der Waals surface area contributed by atoms with Crippen LogP contribution in [-0.2, 0) is 11.2 Å². The van der Waals surface area contributed by atoms with Gasteiger partial charge in [0.2, 0.25) is 5.91 Å². The molecule has 2 heterocycles. The van der Waals surface area contributed by atoms with Gasteiger partial charge in [-0.1, -0.05) is 24.3 Å². The number of carbonyl (C=O) groups is 1. The summed E-state index contributed by atoms with van der Waals surface area (Å²) >= 11 is 1.67. The summed E-state index contributed by atoms with van der Waals surface area (Å²) in [5.74, 6) is -0.163. The summed E-state index contributed by atoms with van der Waals surface area (Å²) in [7, 11) is 0. The van der Waals surface area contributed by atoms with Crippen LogP contribution in [0.3, 0.4) is 0 Å². The topological polar surface area (TPSA) is 48.5 Å². The van der Waals surface area contributed by atoms with Gasteiger partial charge in [0.25, 0.3) is 0 Å². The summed E-state index contributed by atoms with van der Waals surface area (Å²) in [5, 5.41) is 4.03. The van der Waals surface area contributed by atoms with Crippen LogP contribution in [0.15, 0.2) is 48.5 Å². The van der Waals surface area contributed by atoms with Gasteiger partial charge >= 0.3 is 0 Å².